The number of amides is 2. The first-order chi connectivity index (χ1) is 19.0. The van der Waals surface area contributed by atoms with Crippen LogP contribution in [0.4, 0.5) is 24.5 Å². The molecule has 4 rings (SSSR count). The highest BCUT2D eigenvalue weighted by Crippen LogP contribution is 2.33. The van der Waals surface area contributed by atoms with Crippen LogP contribution in [-0.2, 0) is 9.59 Å². The lowest BCUT2D eigenvalue weighted by Gasteiger charge is -2.39. The van der Waals surface area contributed by atoms with Gasteiger partial charge in [-0.25, -0.2) is 0 Å². The smallest absolute Gasteiger partial charge is 0.395 e. The van der Waals surface area contributed by atoms with Crippen molar-refractivity contribution in [2.24, 2.45) is 11.8 Å². The zero-order chi connectivity index (χ0) is 28.9. The molecule has 220 valence electrons. The molecule has 0 bridgehead atoms. The molecule has 3 atom stereocenters. The van der Waals surface area contributed by atoms with E-state index in [0.717, 1.165) is 62.9 Å². The van der Waals surface area contributed by atoms with Crippen LogP contribution in [-0.4, -0.2) is 81.8 Å². The third-order valence-electron chi connectivity index (χ3n) is 8.41. The van der Waals surface area contributed by atoms with Crippen molar-refractivity contribution in [2.45, 2.75) is 44.8 Å². The lowest BCUT2D eigenvalue weighted by molar-refractivity contribution is -0.160. The number of likely N-dealkylation sites (tertiary alicyclic amines) is 1. The minimum absolute atomic E-state index is 0.0722. The summed E-state index contributed by atoms with van der Waals surface area (Å²) < 4.78 is 38.4. The van der Waals surface area contributed by atoms with Crippen LogP contribution in [0.1, 0.15) is 32.6 Å². The van der Waals surface area contributed by atoms with E-state index in [2.05, 4.69) is 20.4 Å². The molecule has 2 amide bonds. The number of quaternary nitrogens is 1. The van der Waals surface area contributed by atoms with Crippen molar-refractivity contribution >= 4 is 23.2 Å². The maximum absolute atomic E-state index is 12.9. The van der Waals surface area contributed by atoms with E-state index in [-0.39, 0.29) is 29.1 Å². The van der Waals surface area contributed by atoms with Gasteiger partial charge in [0.15, 0.2) is 0 Å². The second kappa shape index (κ2) is 12.7. The number of carbonyl (C=O) groups is 2. The number of hydroxylamine groups is 2. The number of benzene rings is 1. The van der Waals surface area contributed by atoms with Crippen LogP contribution >= 0.6 is 0 Å². The van der Waals surface area contributed by atoms with Gasteiger partial charge in [0.1, 0.15) is 5.69 Å². The molecule has 3 unspecified atom stereocenters. The quantitative estimate of drug-likeness (QED) is 0.353. The van der Waals surface area contributed by atoms with E-state index in [9.17, 15) is 28.0 Å². The Morgan fingerprint density at radius 1 is 1.07 bits per heavy atom. The number of halogens is 3. The monoisotopic (exact) mass is 563 g/mol. The summed E-state index contributed by atoms with van der Waals surface area (Å²) in [5.41, 5.74) is 1.83. The van der Waals surface area contributed by atoms with E-state index in [4.69, 9.17) is 0 Å². The van der Waals surface area contributed by atoms with Crippen molar-refractivity contribution in [3.63, 3.8) is 0 Å². The molecule has 0 radical (unpaired) electrons. The van der Waals surface area contributed by atoms with Gasteiger partial charge in [-0.05, 0) is 57.2 Å². The second-order valence-electron chi connectivity index (χ2n) is 11.2. The van der Waals surface area contributed by atoms with E-state index in [1.807, 2.05) is 31.2 Å². The van der Waals surface area contributed by atoms with Crippen molar-refractivity contribution in [3.8, 4) is 0 Å². The first-order valence-electron chi connectivity index (χ1n) is 14.1. The summed E-state index contributed by atoms with van der Waals surface area (Å²) in [7, 11) is 1.67. The number of hydrogen-bond acceptors (Lipinski definition) is 5. The fraction of sp³-hybridized carbons (Fsp3) is 0.586. The molecule has 1 aliphatic carbocycles. The SMILES string of the molecule is CC[N+](C)([O-])c1ccc(N2CCC(N3CCC(CNC(=O)CNC(=O)C4=CC(C(F)(F)F)CC=C4)C3)CC2)cc1. The molecule has 2 N–H and O–H groups in total. The second-order valence-corrected chi connectivity index (χ2v) is 11.2. The number of piperidine rings is 1. The largest absolute Gasteiger partial charge is 0.628 e. The highest BCUT2D eigenvalue weighted by atomic mass is 19.4. The minimum Gasteiger partial charge on any atom is -0.628 e. The number of alkyl halides is 3. The Morgan fingerprint density at radius 3 is 2.42 bits per heavy atom. The zero-order valence-corrected chi connectivity index (χ0v) is 23.3. The molecule has 2 saturated heterocycles. The average Bonchev–Trinajstić information content (AvgIpc) is 3.44. The van der Waals surface area contributed by atoms with Crippen molar-refractivity contribution in [1.82, 2.24) is 20.2 Å². The third kappa shape index (κ3) is 7.64. The normalized spacial score (nSPS) is 23.9. The van der Waals surface area contributed by atoms with Gasteiger partial charge in [0.05, 0.1) is 26.1 Å². The fourth-order valence-electron chi connectivity index (χ4n) is 5.66. The fourth-order valence-corrected chi connectivity index (χ4v) is 5.66. The van der Waals surface area contributed by atoms with Gasteiger partial charge in [-0.3, -0.25) is 14.5 Å². The first-order valence-corrected chi connectivity index (χ1v) is 14.1. The maximum Gasteiger partial charge on any atom is 0.395 e. The highest BCUT2D eigenvalue weighted by molar-refractivity contribution is 5.98. The average molecular weight is 564 g/mol. The first kappa shape index (κ1) is 30.1. The molecule has 1 aromatic carbocycles. The molecule has 8 nitrogen and oxygen atoms in total. The van der Waals surface area contributed by atoms with Gasteiger partial charge in [-0.15, -0.1) is 0 Å². The Bertz CT molecular complexity index is 1100. The number of nitrogens with zero attached hydrogens (tertiary/aromatic N) is 3. The van der Waals surface area contributed by atoms with Crippen molar-refractivity contribution in [3.05, 3.63) is 53.3 Å². The number of hydrogen-bond donors (Lipinski definition) is 2. The lowest BCUT2D eigenvalue weighted by Crippen LogP contribution is -2.44. The number of anilines is 1. The number of nitrogens with one attached hydrogen (secondary N) is 2. The van der Waals surface area contributed by atoms with Gasteiger partial charge >= 0.3 is 6.18 Å². The molecular formula is C29H40F3N5O3. The number of rotatable bonds is 9. The lowest BCUT2D eigenvalue weighted by atomic mass is 9.95. The topological polar surface area (TPSA) is 87.7 Å². The molecule has 0 saturated carbocycles. The van der Waals surface area contributed by atoms with Crippen LogP contribution in [0, 0.1) is 17.0 Å². The van der Waals surface area contributed by atoms with Crippen LogP contribution in [0.2, 0.25) is 0 Å². The molecule has 1 aromatic rings. The van der Waals surface area contributed by atoms with E-state index >= 15 is 0 Å². The van der Waals surface area contributed by atoms with E-state index in [1.54, 1.807) is 7.05 Å². The molecular weight excluding hydrogens is 523 g/mol. The molecule has 2 fully saturated rings. The molecule has 2 aliphatic heterocycles. The van der Waals surface area contributed by atoms with Gasteiger partial charge in [0.25, 0.3) is 5.91 Å². The Labute approximate surface area is 234 Å². The standard InChI is InChI=1S/C29H40F3N5O3/c1-3-37(2,40)26-9-7-24(8-10-26)35-15-12-25(13-16-35)36-14-11-21(20-36)18-33-27(38)19-34-28(39)22-5-4-6-23(17-22)29(30,31)32/h4-5,7-10,17,21,23,25H,3,6,11-16,18-20H2,1-2H3,(H,33,38)(H,34,39). The van der Waals surface area contributed by atoms with Gasteiger partial charge < -0.3 is 25.4 Å². The van der Waals surface area contributed by atoms with Gasteiger partial charge in [0, 0.05) is 55.6 Å². The molecule has 2 heterocycles. The summed E-state index contributed by atoms with van der Waals surface area (Å²) in [4.78, 5) is 29.4. The summed E-state index contributed by atoms with van der Waals surface area (Å²) in [6.45, 7) is 6.40. The Kier molecular flexibility index (Phi) is 9.58. The summed E-state index contributed by atoms with van der Waals surface area (Å²) >= 11 is 0. The Morgan fingerprint density at radius 2 is 1.77 bits per heavy atom. The number of allylic oxidation sites excluding steroid dienone is 2. The maximum atomic E-state index is 12.9. The van der Waals surface area contributed by atoms with Gasteiger partial charge in [-0.1, -0.05) is 18.2 Å². The molecule has 3 aliphatic rings. The Hall–Kier alpha value is -2.89. The summed E-state index contributed by atoms with van der Waals surface area (Å²) in [6, 6.07) is 8.43. The van der Waals surface area contributed by atoms with E-state index in [1.165, 1.54) is 12.2 Å². The van der Waals surface area contributed by atoms with Crippen LogP contribution in [0.25, 0.3) is 0 Å². The highest BCUT2D eigenvalue weighted by Gasteiger charge is 2.38. The van der Waals surface area contributed by atoms with Crippen LogP contribution in [0.15, 0.2) is 48.1 Å². The van der Waals surface area contributed by atoms with E-state index in [0.29, 0.717) is 25.0 Å². The zero-order valence-electron chi connectivity index (χ0n) is 23.3. The minimum atomic E-state index is -4.40. The van der Waals surface area contributed by atoms with Crippen LogP contribution < -0.4 is 20.2 Å². The summed E-state index contributed by atoms with van der Waals surface area (Å²) in [5.74, 6) is -2.40. The Balaban J connectivity index is 1.15. The van der Waals surface area contributed by atoms with Gasteiger partial charge in [-0.2, -0.15) is 13.2 Å². The molecule has 0 spiro atoms. The third-order valence-corrected chi connectivity index (χ3v) is 8.41. The predicted molar refractivity (Wildman–Crippen MR) is 150 cm³/mol. The van der Waals surface area contributed by atoms with Crippen molar-refractivity contribution < 1.29 is 22.8 Å². The van der Waals surface area contributed by atoms with Crippen LogP contribution in [0.5, 0.6) is 0 Å². The van der Waals surface area contributed by atoms with Gasteiger partial charge in [0.2, 0.25) is 5.91 Å². The van der Waals surface area contributed by atoms with Crippen molar-refractivity contribution in [1.29, 1.82) is 0 Å². The molecule has 11 heteroatoms. The molecule has 40 heavy (non-hydrogen) atoms. The number of carbonyl (C=O) groups excluding carboxylic acids is 2. The van der Waals surface area contributed by atoms with E-state index < -0.39 is 18.0 Å². The predicted octanol–water partition coefficient (Wildman–Crippen LogP) is 3.73. The van der Waals surface area contributed by atoms with Crippen molar-refractivity contribution in [2.75, 3.05) is 57.8 Å². The molecule has 0 aromatic heterocycles. The van der Waals surface area contributed by atoms with Crippen LogP contribution in [0.3, 0.4) is 0 Å². The summed E-state index contributed by atoms with van der Waals surface area (Å²) in [5, 5.41) is 17.7. The summed E-state index contributed by atoms with van der Waals surface area (Å²) in [6.07, 6.45) is 2.10.